The molecule has 3 nitrogen and oxygen atoms in total. The summed E-state index contributed by atoms with van der Waals surface area (Å²) < 4.78 is 37.9. The Hall–Kier alpha value is -0.790. The average molecular weight is 362 g/mol. The Morgan fingerprint density at radius 3 is 2.47 bits per heavy atom. The standard InChI is InChI=1S/C11H12BrF3N2O.ClH/c1-16-3-2-10(18)17-9-5-7(11(13,14)15)4-8(12)6-9;/h4-6,16H,2-3H2,1H3,(H,17,18);1H. The van der Waals surface area contributed by atoms with Gasteiger partial charge in [0.05, 0.1) is 5.56 Å². The quantitative estimate of drug-likeness (QED) is 0.862. The van der Waals surface area contributed by atoms with Gasteiger partial charge in [-0.15, -0.1) is 12.4 Å². The van der Waals surface area contributed by atoms with Crippen molar-refractivity contribution in [3.05, 3.63) is 28.2 Å². The fourth-order valence-electron chi connectivity index (χ4n) is 1.29. The number of hydrogen-bond acceptors (Lipinski definition) is 2. The molecule has 8 heteroatoms. The van der Waals surface area contributed by atoms with Gasteiger partial charge in [0.15, 0.2) is 0 Å². The Balaban J connectivity index is 0.00000324. The summed E-state index contributed by atoms with van der Waals surface area (Å²) >= 11 is 2.98. The topological polar surface area (TPSA) is 41.1 Å². The highest BCUT2D eigenvalue weighted by atomic mass is 79.9. The van der Waals surface area contributed by atoms with Gasteiger partial charge >= 0.3 is 6.18 Å². The van der Waals surface area contributed by atoms with E-state index in [-0.39, 0.29) is 34.9 Å². The van der Waals surface area contributed by atoms with E-state index in [0.29, 0.717) is 6.54 Å². The van der Waals surface area contributed by atoms with Gasteiger partial charge in [-0.3, -0.25) is 4.79 Å². The summed E-state index contributed by atoms with van der Waals surface area (Å²) in [5.74, 6) is -0.337. The number of nitrogens with one attached hydrogen (secondary N) is 2. The minimum Gasteiger partial charge on any atom is -0.326 e. The molecule has 0 unspecified atom stereocenters. The number of alkyl halides is 3. The van der Waals surface area contributed by atoms with Gasteiger partial charge in [-0.05, 0) is 25.2 Å². The first-order valence-electron chi connectivity index (χ1n) is 5.15. The zero-order valence-electron chi connectivity index (χ0n) is 9.97. The highest BCUT2D eigenvalue weighted by Gasteiger charge is 2.31. The van der Waals surface area contributed by atoms with E-state index >= 15 is 0 Å². The molecule has 1 rings (SSSR count). The molecule has 0 aliphatic heterocycles. The third-order valence-electron chi connectivity index (χ3n) is 2.11. The lowest BCUT2D eigenvalue weighted by Gasteiger charge is -2.11. The third kappa shape index (κ3) is 6.26. The molecular formula is C11H13BrClF3N2O. The molecule has 108 valence electrons. The van der Waals surface area contributed by atoms with E-state index in [2.05, 4.69) is 26.6 Å². The first kappa shape index (κ1) is 18.2. The van der Waals surface area contributed by atoms with Crippen molar-refractivity contribution < 1.29 is 18.0 Å². The van der Waals surface area contributed by atoms with Crippen LogP contribution in [0.15, 0.2) is 22.7 Å². The molecule has 1 aromatic carbocycles. The summed E-state index contributed by atoms with van der Waals surface area (Å²) in [5, 5.41) is 5.20. The van der Waals surface area contributed by atoms with Crippen molar-refractivity contribution in [2.24, 2.45) is 0 Å². The number of halogens is 5. The molecule has 2 N–H and O–H groups in total. The number of hydrogen-bond donors (Lipinski definition) is 2. The van der Waals surface area contributed by atoms with Crippen LogP contribution < -0.4 is 10.6 Å². The maximum atomic E-state index is 12.5. The molecule has 0 aromatic heterocycles. The molecule has 0 radical (unpaired) electrons. The van der Waals surface area contributed by atoms with Gasteiger partial charge in [0.25, 0.3) is 0 Å². The third-order valence-corrected chi connectivity index (χ3v) is 2.57. The summed E-state index contributed by atoms with van der Waals surface area (Å²) in [6.45, 7) is 0.464. The Morgan fingerprint density at radius 1 is 1.32 bits per heavy atom. The molecular weight excluding hydrogens is 348 g/mol. The number of benzene rings is 1. The van der Waals surface area contributed by atoms with Crippen molar-refractivity contribution in [2.45, 2.75) is 12.6 Å². The lowest BCUT2D eigenvalue weighted by atomic mass is 10.2. The van der Waals surface area contributed by atoms with Crippen LogP contribution in [0.3, 0.4) is 0 Å². The second kappa shape index (κ2) is 7.72. The minimum atomic E-state index is -4.44. The van der Waals surface area contributed by atoms with E-state index in [4.69, 9.17) is 0 Å². The number of carbonyl (C=O) groups is 1. The van der Waals surface area contributed by atoms with Crippen molar-refractivity contribution in [3.8, 4) is 0 Å². The molecule has 0 fully saturated rings. The van der Waals surface area contributed by atoms with Crippen LogP contribution in [0.1, 0.15) is 12.0 Å². The molecule has 1 amide bonds. The monoisotopic (exact) mass is 360 g/mol. The van der Waals surface area contributed by atoms with Gasteiger partial charge < -0.3 is 10.6 Å². The van der Waals surface area contributed by atoms with Gasteiger partial charge in [0, 0.05) is 23.1 Å². The Labute approximate surface area is 123 Å². The van der Waals surface area contributed by atoms with Crippen molar-refractivity contribution >= 4 is 39.9 Å². The van der Waals surface area contributed by atoms with Gasteiger partial charge in [-0.25, -0.2) is 0 Å². The first-order chi connectivity index (χ1) is 8.32. The highest BCUT2D eigenvalue weighted by Crippen LogP contribution is 2.33. The molecule has 1 aromatic rings. The van der Waals surface area contributed by atoms with E-state index in [0.717, 1.165) is 12.1 Å². The van der Waals surface area contributed by atoms with E-state index < -0.39 is 11.7 Å². The fourth-order valence-corrected chi connectivity index (χ4v) is 1.78. The molecule has 0 aliphatic rings. The predicted octanol–water partition coefficient (Wildman–Crippen LogP) is 3.44. The zero-order valence-corrected chi connectivity index (χ0v) is 12.4. The molecule has 0 saturated carbocycles. The second-order valence-electron chi connectivity index (χ2n) is 3.63. The van der Waals surface area contributed by atoms with Crippen LogP contribution in [0.25, 0.3) is 0 Å². The summed E-state index contributed by atoms with van der Waals surface area (Å²) in [5.41, 5.74) is -0.682. The maximum absolute atomic E-state index is 12.5. The molecule has 0 saturated heterocycles. The number of rotatable bonds is 4. The minimum absolute atomic E-state index is 0. The van der Waals surface area contributed by atoms with E-state index in [1.165, 1.54) is 6.07 Å². The van der Waals surface area contributed by atoms with E-state index in [9.17, 15) is 18.0 Å². The van der Waals surface area contributed by atoms with Crippen LogP contribution in [0.5, 0.6) is 0 Å². The second-order valence-corrected chi connectivity index (χ2v) is 4.54. The number of carbonyl (C=O) groups excluding carboxylic acids is 1. The van der Waals surface area contributed by atoms with Crippen LogP contribution in [0, 0.1) is 0 Å². The van der Waals surface area contributed by atoms with Gasteiger partial charge in [0.2, 0.25) is 5.91 Å². The molecule has 0 spiro atoms. The smallest absolute Gasteiger partial charge is 0.326 e. The zero-order chi connectivity index (χ0) is 13.8. The Bertz CT molecular complexity index is 440. The number of amides is 1. The Kier molecular flexibility index (Phi) is 7.39. The lowest BCUT2D eigenvalue weighted by Crippen LogP contribution is -2.19. The van der Waals surface area contributed by atoms with Crippen molar-refractivity contribution in [2.75, 3.05) is 18.9 Å². The SMILES string of the molecule is CNCCC(=O)Nc1cc(Br)cc(C(F)(F)F)c1.Cl. The van der Waals surface area contributed by atoms with Crippen LogP contribution >= 0.6 is 28.3 Å². The van der Waals surface area contributed by atoms with Crippen LogP contribution in [0.2, 0.25) is 0 Å². The van der Waals surface area contributed by atoms with E-state index in [1.807, 2.05) is 0 Å². The molecule has 0 bridgehead atoms. The molecule has 19 heavy (non-hydrogen) atoms. The maximum Gasteiger partial charge on any atom is 0.416 e. The normalized spacial score (nSPS) is 10.8. The fraction of sp³-hybridized carbons (Fsp3) is 0.364. The molecule has 0 atom stereocenters. The summed E-state index contributed by atoms with van der Waals surface area (Å²) in [4.78, 5) is 11.4. The average Bonchev–Trinajstić information content (AvgIpc) is 2.24. The van der Waals surface area contributed by atoms with Gasteiger partial charge in [-0.2, -0.15) is 13.2 Å². The van der Waals surface area contributed by atoms with Crippen molar-refractivity contribution in [1.82, 2.24) is 5.32 Å². The largest absolute Gasteiger partial charge is 0.416 e. The summed E-state index contributed by atoms with van der Waals surface area (Å²) in [7, 11) is 1.69. The lowest BCUT2D eigenvalue weighted by molar-refractivity contribution is -0.137. The first-order valence-corrected chi connectivity index (χ1v) is 5.94. The highest BCUT2D eigenvalue weighted by molar-refractivity contribution is 9.10. The summed E-state index contributed by atoms with van der Waals surface area (Å²) in [6.07, 6.45) is -4.24. The number of anilines is 1. The summed E-state index contributed by atoms with van der Waals surface area (Å²) in [6, 6.07) is 3.29. The molecule has 0 heterocycles. The van der Waals surface area contributed by atoms with Crippen molar-refractivity contribution in [1.29, 1.82) is 0 Å². The predicted molar refractivity (Wildman–Crippen MR) is 73.6 cm³/mol. The van der Waals surface area contributed by atoms with E-state index in [1.54, 1.807) is 7.05 Å². The van der Waals surface area contributed by atoms with Crippen LogP contribution in [-0.4, -0.2) is 19.5 Å². The van der Waals surface area contributed by atoms with Crippen LogP contribution in [0.4, 0.5) is 18.9 Å². The van der Waals surface area contributed by atoms with Gasteiger partial charge in [0.1, 0.15) is 0 Å². The van der Waals surface area contributed by atoms with Gasteiger partial charge in [-0.1, -0.05) is 15.9 Å². The van der Waals surface area contributed by atoms with Crippen molar-refractivity contribution in [3.63, 3.8) is 0 Å². The Morgan fingerprint density at radius 2 is 1.95 bits per heavy atom. The van der Waals surface area contributed by atoms with Crippen LogP contribution in [-0.2, 0) is 11.0 Å². The molecule has 0 aliphatic carbocycles.